The van der Waals surface area contributed by atoms with Gasteiger partial charge in [-0.1, -0.05) is 5.16 Å². The van der Waals surface area contributed by atoms with Crippen molar-refractivity contribution in [3.8, 4) is 0 Å². The normalized spacial score (nSPS) is 15.7. The summed E-state index contributed by atoms with van der Waals surface area (Å²) in [5.41, 5.74) is 0. The van der Waals surface area contributed by atoms with E-state index in [0.717, 1.165) is 18.7 Å². The van der Waals surface area contributed by atoms with Gasteiger partial charge >= 0.3 is 5.97 Å². The Labute approximate surface area is 81.1 Å². The molecule has 0 spiro atoms. The van der Waals surface area contributed by atoms with Gasteiger partial charge in [-0.25, -0.2) is 0 Å². The zero-order valence-electron chi connectivity index (χ0n) is 7.77. The molecule has 0 aromatic carbocycles. The number of hydrogen-bond acceptors (Lipinski definition) is 4. The second kappa shape index (κ2) is 3.77. The molecule has 0 unspecified atom stereocenters. The lowest BCUT2D eigenvalue weighted by molar-refractivity contribution is -0.137. The molecular weight excluding hydrogens is 184 g/mol. The van der Waals surface area contributed by atoms with E-state index in [1.54, 1.807) is 0 Å². The Kier molecular flexibility index (Phi) is 2.47. The molecule has 0 radical (unpaired) electrons. The molecular formula is C9H12N2O3. The highest BCUT2D eigenvalue weighted by atomic mass is 16.5. The Balaban J connectivity index is 1.80. The molecule has 5 heteroatoms. The molecule has 0 saturated heterocycles. The Hall–Kier alpha value is -1.39. The van der Waals surface area contributed by atoms with E-state index in [0.29, 0.717) is 24.7 Å². The first-order valence-corrected chi connectivity index (χ1v) is 4.80. The maximum Gasteiger partial charge on any atom is 0.303 e. The molecule has 1 aliphatic carbocycles. The van der Waals surface area contributed by atoms with Crippen LogP contribution < -0.4 is 0 Å². The van der Waals surface area contributed by atoms with Crippen LogP contribution in [-0.2, 0) is 11.2 Å². The SMILES string of the molecule is O=C(O)CCCc1nc(C2CC2)no1. The third kappa shape index (κ3) is 2.31. The molecule has 0 bridgehead atoms. The van der Waals surface area contributed by atoms with E-state index >= 15 is 0 Å². The summed E-state index contributed by atoms with van der Waals surface area (Å²) in [5.74, 6) is 1.06. The van der Waals surface area contributed by atoms with E-state index < -0.39 is 5.97 Å². The number of carboxylic acids is 1. The van der Waals surface area contributed by atoms with Gasteiger partial charge in [0.25, 0.3) is 0 Å². The van der Waals surface area contributed by atoms with Crippen molar-refractivity contribution in [1.29, 1.82) is 0 Å². The van der Waals surface area contributed by atoms with Crippen LogP contribution in [0.15, 0.2) is 4.52 Å². The minimum absolute atomic E-state index is 0.154. The van der Waals surface area contributed by atoms with E-state index in [4.69, 9.17) is 9.63 Å². The van der Waals surface area contributed by atoms with Crippen molar-refractivity contribution in [2.45, 2.75) is 38.0 Å². The van der Waals surface area contributed by atoms with Crippen molar-refractivity contribution in [3.05, 3.63) is 11.7 Å². The summed E-state index contributed by atoms with van der Waals surface area (Å²) in [6.45, 7) is 0. The molecule has 1 saturated carbocycles. The summed E-state index contributed by atoms with van der Waals surface area (Å²) in [4.78, 5) is 14.4. The monoisotopic (exact) mass is 196 g/mol. The lowest BCUT2D eigenvalue weighted by Gasteiger charge is -1.90. The molecule has 1 aromatic heterocycles. The topological polar surface area (TPSA) is 76.2 Å². The quantitative estimate of drug-likeness (QED) is 0.769. The number of rotatable bonds is 5. The van der Waals surface area contributed by atoms with E-state index in [-0.39, 0.29) is 6.42 Å². The van der Waals surface area contributed by atoms with Gasteiger partial charge < -0.3 is 9.63 Å². The number of nitrogens with zero attached hydrogens (tertiary/aromatic N) is 2. The van der Waals surface area contributed by atoms with Crippen LogP contribution in [0, 0.1) is 0 Å². The number of hydrogen-bond donors (Lipinski definition) is 1. The van der Waals surface area contributed by atoms with Crippen LogP contribution in [0.25, 0.3) is 0 Å². The zero-order valence-corrected chi connectivity index (χ0v) is 7.77. The summed E-state index contributed by atoms with van der Waals surface area (Å²) in [6, 6.07) is 0. The molecule has 1 heterocycles. The number of aromatic nitrogens is 2. The van der Waals surface area contributed by atoms with Gasteiger partial charge in [-0.15, -0.1) is 0 Å². The first-order chi connectivity index (χ1) is 6.75. The van der Waals surface area contributed by atoms with Crippen molar-refractivity contribution in [1.82, 2.24) is 10.1 Å². The van der Waals surface area contributed by atoms with Crippen LogP contribution in [0.1, 0.15) is 43.3 Å². The number of carboxylic acid groups (broad SMARTS) is 1. The van der Waals surface area contributed by atoms with Gasteiger partial charge in [0.1, 0.15) is 0 Å². The highest BCUT2D eigenvalue weighted by molar-refractivity contribution is 5.66. The molecule has 5 nitrogen and oxygen atoms in total. The molecule has 0 amide bonds. The fraction of sp³-hybridized carbons (Fsp3) is 0.667. The third-order valence-electron chi connectivity index (χ3n) is 2.21. The Morgan fingerprint density at radius 1 is 1.57 bits per heavy atom. The summed E-state index contributed by atoms with van der Waals surface area (Å²) >= 11 is 0. The van der Waals surface area contributed by atoms with Gasteiger partial charge in [0.05, 0.1) is 0 Å². The first-order valence-electron chi connectivity index (χ1n) is 4.80. The first kappa shape index (κ1) is 9.18. The summed E-state index contributed by atoms with van der Waals surface area (Å²) < 4.78 is 4.99. The van der Waals surface area contributed by atoms with Crippen molar-refractivity contribution in [2.24, 2.45) is 0 Å². The number of aliphatic carboxylic acids is 1. The molecule has 76 valence electrons. The molecule has 1 N–H and O–H groups in total. The zero-order chi connectivity index (χ0) is 9.97. The molecule has 1 fully saturated rings. The van der Waals surface area contributed by atoms with Gasteiger partial charge in [-0.3, -0.25) is 4.79 Å². The van der Waals surface area contributed by atoms with Crippen molar-refractivity contribution in [2.75, 3.05) is 0 Å². The molecule has 0 aliphatic heterocycles. The summed E-state index contributed by atoms with van der Waals surface area (Å²) in [7, 11) is 0. The van der Waals surface area contributed by atoms with Crippen LogP contribution in [0.4, 0.5) is 0 Å². The van der Waals surface area contributed by atoms with Crippen molar-refractivity contribution >= 4 is 5.97 Å². The smallest absolute Gasteiger partial charge is 0.303 e. The van der Waals surface area contributed by atoms with Crippen LogP contribution in [0.2, 0.25) is 0 Å². The highest BCUT2D eigenvalue weighted by Crippen LogP contribution is 2.38. The average molecular weight is 196 g/mol. The average Bonchev–Trinajstić information content (AvgIpc) is 2.87. The van der Waals surface area contributed by atoms with Crippen LogP contribution in [0.5, 0.6) is 0 Å². The number of carbonyl (C=O) groups is 1. The lowest BCUT2D eigenvalue weighted by Crippen LogP contribution is -1.96. The van der Waals surface area contributed by atoms with E-state index in [1.165, 1.54) is 0 Å². The van der Waals surface area contributed by atoms with Gasteiger partial charge in [-0.05, 0) is 19.3 Å². The Morgan fingerprint density at radius 2 is 2.36 bits per heavy atom. The van der Waals surface area contributed by atoms with Gasteiger partial charge in [0.2, 0.25) is 5.89 Å². The molecule has 14 heavy (non-hydrogen) atoms. The molecule has 1 aromatic rings. The van der Waals surface area contributed by atoms with E-state index in [1.807, 2.05) is 0 Å². The minimum atomic E-state index is -0.785. The molecule has 1 aliphatic rings. The predicted octanol–water partition coefficient (Wildman–Crippen LogP) is 1.35. The van der Waals surface area contributed by atoms with Gasteiger partial charge in [0.15, 0.2) is 5.82 Å². The number of aryl methyl sites for hydroxylation is 1. The van der Waals surface area contributed by atoms with Crippen molar-refractivity contribution in [3.63, 3.8) is 0 Å². The van der Waals surface area contributed by atoms with Gasteiger partial charge in [0, 0.05) is 18.8 Å². The van der Waals surface area contributed by atoms with Gasteiger partial charge in [-0.2, -0.15) is 4.98 Å². The Morgan fingerprint density at radius 3 is 3.00 bits per heavy atom. The Bertz CT molecular complexity index is 331. The second-order valence-electron chi connectivity index (χ2n) is 3.57. The predicted molar refractivity (Wildman–Crippen MR) is 46.8 cm³/mol. The standard InChI is InChI=1S/C9H12N2O3/c12-8(13)3-1-2-7-10-9(11-14-7)6-4-5-6/h6H,1-5H2,(H,12,13). The maximum absolute atomic E-state index is 10.2. The maximum atomic E-state index is 10.2. The second-order valence-corrected chi connectivity index (χ2v) is 3.57. The van der Waals surface area contributed by atoms with E-state index in [9.17, 15) is 4.79 Å². The highest BCUT2D eigenvalue weighted by Gasteiger charge is 2.28. The fourth-order valence-electron chi connectivity index (χ4n) is 1.27. The molecule has 2 rings (SSSR count). The van der Waals surface area contributed by atoms with Crippen LogP contribution in [0.3, 0.4) is 0 Å². The summed E-state index contributed by atoms with van der Waals surface area (Å²) in [5, 5.41) is 12.3. The third-order valence-corrected chi connectivity index (χ3v) is 2.21. The van der Waals surface area contributed by atoms with Crippen molar-refractivity contribution < 1.29 is 14.4 Å². The van der Waals surface area contributed by atoms with Crippen LogP contribution in [-0.4, -0.2) is 21.2 Å². The van der Waals surface area contributed by atoms with E-state index in [2.05, 4.69) is 10.1 Å². The fourth-order valence-corrected chi connectivity index (χ4v) is 1.27. The minimum Gasteiger partial charge on any atom is -0.481 e. The summed E-state index contributed by atoms with van der Waals surface area (Å²) in [6.07, 6.45) is 3.57. The largest absolute Gasteiger partial charge is 0.481 e. The van der Waals surface area contributed by atoms with Crippen LogP contribution >= 0.6 is 0 Å². The lowest BCUT2D eigenvalue weighted by atomic mass is 10.2. The molecule has 0 atom stereocenters.